The van der Waals surface area contributed by atoms with Crippen LogP contribution in [0.4, 0.5) is 8.78 Å². The van der Waals surface area contributed by atoms with Gasteiger partial charge in [-0.2, -0.15) is 8.78 Å². The number of benzene rings is 1. The van der Waals surface area contributed by atoms with Crippen LogP contribution < -0.4 is 4.74 Å². The highest BCUT2D eigenvalue weighted by atomic mass is 19.3. The molecule has 1 aromatic carbocycles. The Morgan fingerprint density at radius 2 is 1.94 bits per heavy atom. The highest BCUT2D eigenvalue weighted by molar-refractivity contribution is 5.69. The average Bonchev–Trinajstić information content (AvgIpc) is 3.01. The third-order valence-corrected chi connectivity index (χ3v) is 5.28. The van der Waals surface area contributed by atoms with Gasteiger partial charge in [0, 0.05) is 18.8 Å². The minimum Gasteiger partial charge on any atom is -0.487 e. The van der Waals surface area contributed by atoms with E-state index in [9.17, 15) is 23.8 Å². The van der Waals surface area contributed by atoms with Crippen molar-refractivity contribution in [2.75, 3.05) is 13.2 Å². The van der Waals surface area contributed by atoms with E-state index in [1.54, 1.807) is 37.3 Å². The first-order valence-electron chi connectivity index (χ1n) is 10.7. The molecule has 1 aliphatic carbocycles. The lowest BCUT2D eigenvalue weighted by Crippen LogP contribution is -2.25. The largest absolute Gasteiger partial charge is 0.487 e. The number of para-hydroxylation sites is 1. The zero-order chi connectivity index (χ0) is 22.7. The number of aliphatic hydroxyl groups is 2. The van der Waals surface area contributed by atoms with Gasteiger partial charge >= 0.3 is 5.97 Å². The van der Waals surface area contributed by atoms with Crippen LogP contribution in [0, 0.1) is 11.8 Å². The minimum atomic E-state index is -3.20. The maximum absolute atomic E-state index is 14.2. The van der Waals surface area contributed by atoms with E-state index in [1.165, 1.54) is 6.08 Å². The van der Waals surface area contributed by atoms with Crippen LogP contribution in [-0.4, -0.2) is 47.5 Å². The first-order valence-corrected chi connectivity index (χ1v) is 10.7. The maximum atomic E-state index is 14.2. The predicted octanol–water partition coefficient (Wildman–Crippen LogP) is 4.29. The lowest BCUT2D eigenvalue weighted by atomic mass is 9.89. The van der Waals surface area contributed by atoms with Crippen LogP contribution in [0.25, 0.3) is 0 Å². The van der Waals surface area contributed by atoms with E-state index in [0.717, 1.165) is 6.08 Å². The molecule has 0 bridgehead atoms. The van der Waals surface area contributed by atoms with Gasteiger partial charge < -0.3 is 19.7 Å². The van der Waals surface area contributed by atoms with Gasteiger partial charge in [-0.15, -0.1) is 0 Å². The third-order valence-electron chi connectivity index (χ3n) is 5.28. The summed E-state index contributed by atoms with van der Waals surface area (Å²) in [6.45, 7) is 1.32. The quantitative estimate of drug-likeness (QED) is 0.289. The number of ether oxygens (including phenoxy) is 2. The summed E-state index contributed by atoms with van der Waals surface area (Å²) in [6.07, 6.45) is 6.49. The molecular formula is C24H32F2O5. The number of carbonyl (C=O) groups is 1. The van der Waals surface area contributed by atoms with Crippen LogP contribution in [0.3, 0.4) is 0 Å². The Morgan fingerprint density at radius 3 is 2.65 bits per heavy atom. The van der Waals surface area contributed by atoms with Gasteiger partial charge in [-0.3, -0.25) is 4.79 Å². The first kappa shape index (κ1) is 25.0. The molecule has 0 unspecified atom stereocenters. The van der Waals surface area contributed by atoms with Crippen molar-refractivity contribution in [1.29, 1.82) is 0 Å². The zero-order valence-electron chi connectivity index (χ0n) is 17.8. The van der Waals surface area contributed by atoms with Crippen molar-refractivity contribution >= 4 is 5.97 Å². The molecule has 0 aromatic heterocycles. The highest BCUT2D eigenvalue weighted by Gasteiger charge is 2.40. The molecule has 0 heterocycles. The molecule has 31 heavy (non-hydrogen) atoms. The Kier molecular flexibility index (Phi) is 10.1. The lowest BCUT2D eigenvalue weighted by Gasteiger charge is -2.20. The standard InChI is InChI=1S/C24H32F2O5/c1-2-30-23(29)13-9-4-3-8-12-19-20(22(28)16-21(19)27)14-15-24(25,26)17-31-18-10-6-5-7-11-18/h3,5-8,10-11,14-15,19-22,27-28H,2,4,9,12-13,16-17H2,1H3/b8-3?,15-14+/t19-,20-,21+,22-/m1/s1. The molecule has 1 saturated carbocycles. The molecule has 4 atom stereocenters. The molecule has 0 spiro atoms. The average molecular weight is 439 g/mol. The summed E-state index contributed by atoms with van der Waals surface area (Å²) in [5.41, 5.74) is 0. The van der Waals surface area contributed by atoms with Crippen molar-refractivity contribution in [1.82, 2.24) is 0 Å². The number of unbranched alkanes of at least 4 members (excludes halogenated alkanes) is 1. The van der Waals surface area contributed by atoms with Crippen LogP contribution in [-0.2, 0) is 9.53 Å². The van der Waals surface area contributed by atoms with Crippen molar-refractivity contribution in [3.63, 3.8) is 0 Å². The summed E-state index contributed by atoms with van der Waals surface area (Å²) in [7, 11) is 0. The molecule has 5 nitrogen and oxygen atoms in total. The third kappa shape index (κ3) is 8.79. The SMILES string of the molecule is CCOC(=O)CCCC=CC[C@@H]1[C@@H](/C=C/C(F)(F)COc2ccccc2)[C@H](O)C[C@@H]1O. The second-order valence-corrected chi connectivity index (χ2v) is 7.74. The topological polar surface area (TPSA) is 76.0 Å². The van der Waals surface area contributed by atoms with Gasteiger partial charge in [-0.25, -0.2) is 0 Å². The van der Waals surface area contributed by atoms with Gasteiger partial charge in [0.25, 0.3) is 5.92 Å². The van der Waals surface area contributed by atoms with E-state index in [0.29, 0.717) is 38.0 Å². The van der Waals surface area contributed by atoms with E-state index < -0.39 is 30.7 Å². The van der Waals surface area contributed by atoms with Crippen LogP contribution in [0.1, 0.15) is 39.0 Å². The Hall–Kier alpha value is -2.25. The molecule has 1 aromatic rings. The fraction of sp³-hybridized carbons (Fsp3) is 0.542. The molecule has 0 amide bonds. The van der Waals surface area contributed by atoms with Gasteiger partial charge in [0.2, 0.25) is 0 Å². The summed E-state index contributed by atoms with van der Waals surface area (Å²) >= 11 is 0. The molecule has 1 fully saturated rings. The molecule has 172 valence electrons. The number of hydrogen-bond acceptors (Lipinski definition) is 5. The van der Waals surface area contributed by atoms with Crippen LogP contribution in [0.5, 0.6) is 5.75 Å². The summed E-state index contributed by atoms with van der Waals surface area (Å²) in [5, 5.41) is 20.5. The van der Waals surface area contributed by atoms with E-state index >= 15 is 0 Å². The number of hydrogen-bond donors (Lipinski definition) is 2. The van der Waals surface area contributed by atoms with E-state index in [4.69, 9.17) is 9.47 Å². The normalized spacial score (nSPS) is 24.2. The Labute approximate surface area is 182 Å². The molecule has 7 heteroatoms. The summed E-state index contributed by atoms with van der Waals surface area (Å²) < 4.78 is 38.4. The zero-order valence-corrected chi connectivity index (χ0v) is 17.8. The molecule has 2 N–H and O–H groups in total. The summed E-state index contributed by atoms with van der Waals surface area (Å²) in [5.74, 6) is -3.98. The van der Waals surface area contributed by atoms with Gasteiger partial charge in [0.15, 0.2) is 6.61 Å². The van der Waals surface area contributed by atoms with Gasteiger partial charge in [0.1, 0.15) is 5.75 Å². The van der Waals surface area contributed by atoms with Crippen molar-refractivity contribution in [3.8, 4) is 5.75 Å². The van der Waals surface area contributed by atoms with Gasteiger partial charge in [0.05, 0.1) is 18.8 Å². The minimum absolute atomic E-state index is 0.155. The lowest BCUT2D eigenvalue weighted by molar-refractivity contribution is -0.143. The van der Waals surface area contributed by atoms with Crippen molar-refractivity contribution in [2.24, 2.45) is 11.8 Å². The fourth-order valence-corrected chi connectivity index (χ4v) is 3.67. The van der Waals surface area contributed by atoms with Gasteiger partial charge in [-0.1, -0.05) is 36.4 Å². The molecule has 0 radical (unpaired) electrons. The number of carbonyl (C=O) groups excluding carboxylic acids is 1. The first-order chi connectivity index (χ1) is 14.8. The molecular weight excluding hydrogens is 406 g/mol. The van der Waals surface area contributed by atoms with Crippen molar-refractivity contribution in [3.05, 3.63) is 54.6 Å². The number of alkyl halides is 2. The fourth-order valence-electron chi connectivity index (χ4n) is 3.67. The second-order valence-electron chi connectivity index (χ2n) is 7.74. The number of allylic oxidation sites excluding steroid dienone is 2. The molecule has 0 saturated heterocycles. The van der Waals surface area contributed by atoms with Crippen molar-refractivity contribution < 1.29 is 33.3 Å². The molecule has 0 aliphatic heterocycles. The number of esters is 1. The Morgan fingerprint density at radius 1 is 1.19 bits per heavy atom. The van der Waals surface area contributed by atoms with Crippen LogP contribution in [0.2, 0.25) is 0 Å². The summed E-state index contributed by atoms with van der Waals surface area (Å²) in [6, 6.07) is 8.38. The Balaban J connectivity index is 1.84. The maximum Gasteiger partial charge on any atom is 0.305 e. The second kappa shape index (κ2) is 12.6. The Bertz CT molecular complexity index is 720. The smallest absolute Gasteiger partial charge is 0.305 e. The number of rotatable bonds is 12. The highest BCUT2D eigenvalue weighted by Crippen LogP contribution is 2.37. The van der Waals surface area contributed by atoms with Crippen LogP contribution in [0.15, 0.2) is 54.6 Å². The van der Waals surface area contributed by atoms with E-state index in [1.807, 2.05) is 12.2 Å². The van der Waals surface area contributed by atoms with Gasteiger partial charge in [-0.05, 0) is 50.3 Å². The monoisotopic (exact) mass is 438 g/mol. The van der Waals surface area contributed by atoms with E-state index in [2.05, 4.69) is 0 Å². The molecule has 2 rings (SSSR count). The number of halogens is 2. The predicted molar refractivity (Wildman–Crippen MR) is 114 cm³/mol. The summed E-state index contributed by atoms with van der Waals surface area (Å²) in [4.78, 5) is 11.3. The molecule has 1 aliphatic rings. The van der Waals surface area contributed by atoms with Crippen LogP contribution >= 0.6 is 0 Å². The number of aliphatic hydroxyl groups excluding tert-OH is 2. The van der Waals surface area contributed by atoms with E-state index in [-0.39, 0.29) is 18.3 Å². The van der Waals surface area contributed by atoms with Crippen molar-refractivity contribution in [2.45, 2.75) is 57.2 Å².